The fourth-order valence-electron chi connectivity index (χ4n) is 3.27. The van der Waals surface area contributed by atoms with Crippen molar-refractivity contribution in [1.29, 1.82) is 0 Å². The number of anilines is 1. The van der Waals surface area contributed by atoms with Gasteiger partial charge in [0.05, 0.1) is 19.7 Å². The van der Waals surface area contributed by atoms with Gasteiger partial charge in [-0.1, -0.05) is 24.3 Å². The highest BCUT2D eigenvalue weighted by Crippen LogP contribution is 2.30. The third-order valence-electron chi connectivity index (χ3n) is 4.55. The van der Waals surface area contributed by atoms with Gasteiger partial charge in [-0.2, -0.15) is 0 Å². The van der Waals surface area contributed by atoms with Crippen LogP contribution in [0.5, 0.6) is 5.75 Å². The number of methoxy groups -OCH3 is 1. The molecule has 27 heavy (non-hydrogen) atoms. The number of carbonyl (C=O) groups is 1. The highest BCUT2D eigenvalue weighted by atomic mass is 35.5. The first-order valence-corrected chi connectivity index (χ1v) is 9.95. The van der Waals surface area contributed by atoms with Gasteiger partial charge in [-0.25, -0.2) is 0 Å². The number of hydrogen-bond donors (Lipinski definition) is 2. The Kier molecular flexibility index (Phi) is 8.44. The molecule has 1 heterocycles. The van der Waals surface area contributed by atoms with E-state index < -0.39 is 0 Å². The third kappa shape index (κ3) is 5.62. The molecule has 0 radical (unpaired) electrons. The van der Waals surface area contributed by atoms with E-state index >= 15 is 0 Å². The average molecular weight is 408 g/mol. The number of rotatable bonds is 6. The van der Waals surface area contributed by atoms with Crippen LogP contribution in [0.4, 0.5) is 5.69 Å². The topological polar surface area (TPSA) is 53.6 Å². The summed E-state index contributed by atoms with van der Waals surface area (Å²) in [6.45, 7) is 2.85. The van der Waals surface area contributed by atoms with Crippen molar-refractivity contribution in [3.8, 4) is 5.75 Å². The number of piperazine rings is 1. The molecule has 0 bridgehead atoms. The molecule has 1 aliphatic rings. The van der Waals surface area contributed by atoms with Crippen LogP contribution >= 0.6 is 24.2 Å². The van der Waals surface area contributed by atoms with E-state index in [0.717, 1.165) is 41.5 Å². The number of thioether (sulfide) groups is 1. The molecule has 1 amide bonds. The first kappa shape index (κ1) is 21.6. The number of benzene rings is 2. The highest BCUT2D eigenvalue weighted by Gasteiger charge is 2.27. The molecule has 1 unspecified atom stereocenters. The molecule has 0 aliphatic carbocycles. The second-order valence-electron chi connectivity index (χ2n) is 6.21. The maximum absolute atomic E-state index is 12.6. The summed E-state index contributed by atoms with van der Waals surface area (Å²) in [7, 11) is 1.69. The normalized spacial score (nSPS) is 17.0. The van der Waals surface area contributed by atoms with Gasteiger partial charge in [0.2, 0.25) is 5.91 Å². The number of nitrogens with one attached hydrogen (secondary N) is 2. The number of hydrogen-bond acceptors (Lipinski definition) is 5. The summed E-state index contributed by atoms with van der Waals surface area (Å²) in [4.78, 5) is 15.9. The van der Waals surface area contributed by atoms with Gasteiger partial charge >= 0.3 is 0 Å². The Morgan fingerprint density at radius 1 is 1.30 bits per heavy atom. The monoisotopic (exact) mass is 407 g/mol. The summed E-state index contributed by atoms with van der Waals surface area (Å²) in [5.41, 5.74) is 1.95. The molecular weight excluding hydrogens is 382 g/mol. The standard InChI is InChI=1S/C20H25N3O2S.ClH/c1-25-19-9-4-3-8-17(19)18-13-21-10-11-23(18)14-20(24)22-15-6-5-7-16(12-15)26-2;/h3-9,12,18,21H,10-11,13-14H2,1-2H3,(H,22,24);1H. The van der Waals surface area contributed by atoms with Crippen LogP contribution in [0.25, 0.3) is 0 Å². The van der Waals surface area contributed by atoms with Crippen molar-refractivity contribution in [1.82, 2.24) is 10.2 Å². The van der Waals surface area contributed by atoms with Gasteiger partial charge in [0, 0.05) is 35.8 Å². The summed E-state index contributed by atoms with van der Waals surface area (Å²) in [5, 5.41) is 6.44. The molecule has 3 rings (SSSR count). The quantitative estimate of drug-likeness (QED) is 0.718. The number of para-hydroxylation sites is 1. The van der Waals surface area contributed by atoms with E-state index in [1.54, 1.807) is 18.9 Å². The molecule has 0 aromatic heterocycles. The molecule has 7 heteroatoms. The van der Waals surface area contributed by atoms with Crippen molar-refractivity contribution in [2.45, 2.75) is 10.9 Å². The summed E-state index contributed by atoms with van der Waals surface area (Å²) >= 11 is 1.66. The van der Waals surface area contributed by atoms with Crippen LogP contribution in [0, 0.1) is 0 Å². The zero-order chi connectivity index (χ0) is 18.4. The average Bonchev–Trinajstić information content (AvgIpc) is 2.68. The van der Waals surface area contributed by atoms with Gasteiger partial charge in [0.1, 0.15) is 5.75 Å². The Balaban J connectivity index is 0.00000261. The summed E-state index contributed by atoms with van der Waals surface area (Å²) in [5.74, 6) is 0.865. The second kappa shape index (κ2) is 10.6. The van der Waals surface area contributed by atoms with Crippen molar-refractivity contribution in [2.24, 2.45) is 0 Å². The minimum atomic E-state index is 0. The zero-order valence-electron chi connectivity index (χ0n) is 15.6. The van der Waals surface area contributed by atoms with E-state index in [-0.39, 0.29) is 24.4 Å². The van der Waals surface area contributed by atoms with Crippen LogP contribution in [-0.4, -0.2) is 50.4 Å². The molecule has 0 spiro atoms. The Labute approximate surface area is 171 Å². The van der Waals surface area contributed by atoms with Crippen molar-refractivity contribution in [3.63, 3.8) is 0 Å². The largest absolute Gasteiger partial charge is 0.496 e. The number of nitrogens with zero attached hydrogens (tertiary/aromatic N) is 1. The molecule has 2 aromatic rings. The number of halogens is 1. The van der Waals surface area contributed by atoms with E-state index in [2.05, 4.69) is 21.6 Å². The lowest BCUT2D eigenvalue weighted by molar-refractivity contribution is -0.118. The third-order valence-corrected chi connectivity index (χ3v) is 5.28. The van der Waals surface area contributed by atoms with E-state index in [1.165, 1.54) is 0 Å². The molecule has 146 valence electrons. The molecule has 2 aromatic carbocycles. The Hall–Kier alpha value is -1.73. The number of carbonyl (C=O) groups excluding carboxylic acids is 1. The van der Waals surface area contributed by atoms with E-state index in [9.17, 15) is 4.79 Å². The fourth-order valence-corrected chi connectivity index (χ4v) is 3.73. The summed E-state index contributed by atoms with van der Waals surface area (Å²) in [6, 6.07) is 16.1. The second-order valence-corrected chi connectivity index (χ2v) is 7.09. The van der Waals surface area contributed by atoms with E-state index in [1.807, 2.05) is 48.7 Å². The van der Waals surface area contributed by atoms with Gasteiger partial charge in [0.25, 0.3) is 0 Å². The van der Waals surface area contributed by atoms with Crippen molar-refractivity contribution < 1.29 is 9.53 Å². The van der Waals surface area contributed by atoms with Crippen molar-refractivity contribution in [2.75, 3.05) is 44.9 Å². The Morgan fingerprint density at radius 3 is 2.89 bits per heavy atom. The molecule has 5 nitrogen and oxygen atoms in total. The highest BCUT2D eigenvalue weighted by molar-refractivity contribution is 7.98. The van der Waals surface area contributed by atoms with Crippen molar-refractivity contribution in [3.05, 3.63) is 54.1 Å². The van der Waals surface area contributed by atoms with Crippen LogP contribution in [0.2, 0.25) is 0 Å². The van der Waals surface area contributed by atoms with E-state index in [4.69, 9.17) is 4.74 Å². The Bertz CT molecular complexity index is 760. The maximum Gasteiger partial charge on any atom is 0.238 e. The molecular formula is C20H26ClN3O2S. The van der Waals surface area contributed by atoms with Gasteiger partial charge in [-0.05, 0) is 30.5 Å². The van der Waals surface area contributed by atoms with Gasteiger partial charge in [-0.15, -0.1) is 24.2 Å². The van der Waals surface area contributed by atoms with Crippen LogP contribution in [-0.2, 0) is 4.79 Å². The zero-order valence-corrected chi connectivity index (χ0v) is 17.2. The lowest BCUT2D eigenvalue weighted by Gasteiger charge is -2.36. The van der Waals surface area contributed by atoms with Crippen LogP contribution < -0.4 is 15.4 Å². The minimum Gasteiger partial charge on any atom is -0.496 e. The fraction of sp³-hybridized carbons (Fsp3) is 0.350. The lowest BCUT2D eigenvalue weighted by Crippen LogP contribution is -2.48. The molecule has 2 N–H and O–H groups in total. The van der Waals surface area contributed by atoms with Crippen molar-refractivity contribution >= 4 is 35.8 Å². The summed E-state index contributed by atoms with van der Waals surface area (Å²) in [6.07, 6.45) is 2.03. The van der Waals surface area contributed by atoms with Crippen LogP contribution in [0.3, 0.4) is 0 Å². The molecule has 1 aliphatic heterocycles. The van der Waals surface area contributed by atoms with Gasteiger partial charge in [0.15, 0.2) is 0 Å². The predicted octanol–water partition coefficient (Wildman–Crippen LogP) is 3.42. The van der Waals surface area contributed by atoms with Gasteiger partial charge < -0.3 is 15.4 Å². The first-order valence-electron chi connectivity index (χ1n) is 8.73. The SMILES string of the molecule is COc1ccccc1C1CNCCN1CC(=O)Nc1cccc(SC)c1.Cl. The molecule has 1 saturated heterocycles. The van der Waals surface area contributed by atoms with Crippen LogP contribution in [0.15, 0.2) is 53.4 Å². The predicted molar refractivity (Wildman–Crippen MR) is 114 cm³/mol. The van der Waals surface area contributed by atoms with E-state index in [0.29, 0.717) is 6.54 Å². The number of amides is 1. The molecule has 1 atom stereocenters. The lowest BCUT2D eigenvalue weighted by atomic mass is 10.0. The maximum atomic E-state index is 12.6. The molecule has 1 fully saturated rings. The smallest absolute Gasteiger partial charge is 0.238 e. The minimum absolute atomic E-state index is 0. The Morgan fingerprint density at radius 2 is 2.11 bits per heavy atom. The van der Waals surface area contributed by atoms with Gasteiger partial charge in [-0.3, -0.25) is 9.69 Å². The molecule has 0 saturated carbocycles. The summed E-state index contributed by atoms with van der Waals surface area (Å²) < 4.78 is 5.52. The van der Waals surface area contributed by atoms with Crippen LogP contribution in [0.1, 0.15) is 11.6 Å². The first-order chi connectivity index (χ1) is 12.7. The number of ether oxygens (including phenoxy) is 1.